The van der Waals surface area contributed by atoms with Gasteiger partial charge in [0.05, 0.1) is 10.6 Å². The zero-order valence-electron chi connectivity index (χ0n) is 21.6. The minimum absolute atomic E-state index is 0.0641. The fraction of sp³-hybridized carbons (Fsp3) is 0.222. The highest BCUT2D eigenvalue weighted by Crippen LogP contribution is 2.24. The smallest absolute Gasteiger partial charge is 0.241 e. The minimum Gasteiger partial charge on any atom is -0.486 e. The predicted octanol–water partition coefficient (Wildman–Crippen LogP) is 5.31. The van der Waals surface area contributed by atoms with Crippen LogP contribution in [-0.2, 0) is 21.4 Å². The maximum absolute atomic E-state index is 12.7. The summed E-state index contributed by atoms with van der Waals surface area (Å²) in [5.41, 5.74) is 0.711. The van der Waals surface area contributed by atoms with Crippen molar-refractivity contribution in [1.82, 2.24) is 19.5 Å². The van der Waals surface area contributed by atoms with Crippen molar-refractivity contribution in [2.45, 2.75) is 43.0 Å². The average molecular weight is 586 g/mol. The van der Waals surface area contributed by atoms with Gasteiger partial charge in [0.1, 0.15) is 12.4 Å². The molecule has 0 unspecified atom stereocenters. The standard InChI is InChI=1S/C27H28ClN5O4S2/c1-27(2,3)32-39(35,36)23-15-11-20(12-16-23)29-25(34)18-38-26-31-30-24(33(26)21-7-5-4-6-8-21)17-37-22-13-9-19(28)10-14-22/h4-16,32H,17-18H2,1-3H3,(H,29,34). The summed E-state index contributed by atoms with van der Waals surface area (Å²) in [6.45, 7) is 5.47. The molecule has 0 saturated carbocycles. The fourth-order valence-corrected chi connectivity index (χ4v) is 5.82. The molecule has 0 bridgehead atoms. The van der Waals surface area contributed by atoms with Crippen molar-refractivity contribution < 1.29 is 17.9 Å². The van der Waals surface area contributed by atoms with Crippen molar-refractivity contribution in [3.05, 3.63) is 89.7 Å². The summed E-state index contributed by atoms with van der Waals surface area (Å²) in [5, 5.41) is 12.5. The lowest BCUT2D eigenvalue weighted by atomic mass is 10.1. The molecule has 0 aliphatic heterocycles. The van der Waals surface area contributed by atoms with E-state index in [1.54, 1.807) is 57.2 Å². The number of hydrogen-bond donors (Lipinski definition) is 2. The first-order chi connectivity index (χ1) is 18.5. The second-order valence-corrected chi connectivity index (χ2v) is 12.6. The highest BCUT2D eigenvalue weighted by atomic mass is 35.5. The van der Waals surface area contributed by atoms with Gasteiger partial charge in [-0.15, -0.1) is 10.2 Å². The van der Waals surface area contributed by atoms with Crippen LogP contribution in [0.5, 0.6) is 5.75 Å². The SMILES string of the molecule is CC(C)(C)NS(=O)(=O)c1ccc(NC(=O)CSc2nnc(COc3ccc(Cl)cc3)n2-c2ccccc2)cc1. The topological polar surface area (TPSA) is 115 Å². The van der Waals surface area contributed by atoms with E-state index in [1.165, 1.54) is 23.9 Å². The minimum atomic E-state index is -3.66. The van der Waals surface area contributed by atoms with Crippen LogP contribution in [0.1, 0.15) is 26.6 Å². The molecule has 1 amide bonds. The van der Waals surface area contributed by atoms with Crippen LogP contribution in [0.15, 0.2) is 88.9 Å². The van der Waals surface area contributed by atoms with Gasteiger partial charge >= 0.3 is 0 Å². The Labute approximate surface area is 237 Å². The lowest BCUT2D eigenvalue weighted by Crippen LogP contribution is -2.40. The van der Waals surface area contributed by atoms with E-state index in [-0.39, 0.29) is 23.2 Å². The molecule has 1 aromatic heterocycles. The Balaban J connectivity index is 1.42. The lowest BCUT2D eigenvalue weighted by Gasteiger charge is -2.20. The number of carbonyl (C=O) groups excluding carboxylic acids is 1. The zero-order valence-corrected chi connectivity index (χ0v) is 24.0. The summed E-state index contributed by atoms with van der Waals surface area (Å²) in [7, 11) is -3.66. The van der Waals surface area contributed by atoms with Crippen LogP contribution in [0.3, 0.4) is 0 Å². The van der Waals surface area contributed by atoms with Crippen molar-refractivity contribution >= 4 is 45.0 Å². The van der Waals surface area contributed by atoms with Crippen LogP contribution in [0.25, 0.3) is 5.69 Å². The van der Waals surface area contributed by atoms with E-state index < -0.39 is 15.6 Å². The summed E-state index contributed by atoms with van der Waals surface area (Å²) in [6.07, 6.45) is 0. The number of ether oxygens (including phenoxy) is 1. The first-order valence-corrected chi connectivity index (χ1v) is 14.8. The number of hydrogen-bond acceptors (Lipinski definition) is 7. The second kappa shape index (κ2) is 12.2. The number of amides is 1. The van der Waals surface area contributed by atoms with Crippen molar-refractivity contribution in [2.75, 3.05) is 11.1 Å². The van der Waals surface area contributed by atoms with Crippen molar-refractivity contribution in [3.8, 4) is 11.4 Å². The molecule has 0 fully saturated rings. The van der Waals surface area contributed by atoms with E-state index in [0.29, 0.717) is 27.4 Å². The van der Waals surface area contributed by atoms with E-state index in [4.69, 9.17) is 16.3 Å². The Morgan fingerprint density at radius 2 is 1.64 bits per heavy atom. The fourth-order valence-electron chi connectivity index (χ4n) is 3.51. The Morgan fingerprint density at radius 1 is 0.974 bits per heavy atom. The number of halogens is 1. The molecule has 0 aliphatic carbocycles. The van der Waals surface area contributed by atoms with Gasteiger partial charge in [-0.05, 0) is 81.4 Å². The molecule has 0 radical (unpaired) electrons. The van der Waals surface area contributed by atoms with Gasteiger partial charge in [-0.2, -0.15) is 0 Å². The monoisotopic (exact) mass is 585 g/mol. The van der Waals surface area contributed by atoms with Crippen LogP contribution in [0, 0.1) is 0 Å². The van der Waals surface area contributed by atoms with E-state index in [9.17, 15) is 13.2 Å². The number of thioether (sulfide) groups is 1. The Morgan fingerprint density at radius 3 is 2.28 bits per heavy atom. The molecule has 204 valence electrons. The third-order valence-electron chi connectivity index (χ3n) is 5.12. The van der Waals surface area contributed by atoms with E-state index in [0.717, 1.165) is 5.69 Å². The van der Waals surface area contributed by atoms with Gasteiger partial charge in [0.25, 0.3) is 0 Å². The summed E-state index contributed by atoms with van der Waals surface area (Å²) in [6, 6.07) is 22.6. The average Bonchev–Trinajstić information content (AvgIpc) is 3.29. The van der Waals surface area contributed by atoms with Crippen molar-refractivity contribution in [2.24, 2.45) is 0 Å². The Kier molecular flexibility index (Phi) is 8.96. The maximum atomic E-state index is 12.7. The third kappa shape index (κ3) is 8.06. The van der Waals surface area contributed by atoms with Gasteiger partial charge in [-0.3, -0.25) is 9.36 Å². The first kappa shape index (κ1) is 28.6. The number of sulfonamides is 1. The van der Waals surface area contributed by atoms with Crippen LogP contribution < -0.4 is 14.8 Å². The molecule has 1 heterocycles. The van der Waals surface area contributed by atoms with Gasteiger partial charge < -0.3 is 10.1 Å². The van der Waals surface area contributed by atoms with Crippen LogP contribution >= 0.6 is 23.4 Å². The lowest BCUT2D eigenvalue weighted by molar-refractivity contribution is -0.113. The van der Waals surface area contributed by atoms with Crippen LogP contribution in [0.2, 0.25) is 5.02 Å². The maximum Gasteiger partial charge on any atom is 0.241 e. The molecule has 12 heteroatoms. The molecule has 0 aliphatic rings. The highest BCUT2D eigenvalue weighted by Gasteiger charge is 2.22. The number of aromatic nitrogens is 3. The summed E-state index contributed by atoms with van der Waals surface area (Å²) in [4.78, 5) is 12.8. The quantitative estimate of drug-likeness (QED) is 0.242. The van der Waals surface area contributed by atoms with Gasteiger partial charge in [0.15, 0.2) is 11.0 Å². The second-order valence-electron chi connectivity index (χ2n) is 9.53. The Bertz CT molecular complexity index is 1520. The Hall–Kier alpha value is -3.38. The molecular weight excluding hydrogens is 558 g/mol. The normalized spacial score (nSPS) is 11.8. The number of benzene rings is 3. The van der Waals surface area contributed by atoms with E-state index in [2.05, 4.69) is 20.2 Å². The van der Waals surface area contributed by atoms with Crippen molar-refractivity contribution in [1.29, 1.82) is 0 Å². The number of nitrogens with zero attached hydrogens (tertiary/aromatic N) is 3. The molecule has 0 saturated heterocycles. The number of rotatable bonds is 10. The summed E-state index contributed by atoms with van der Waals surface area (Å²) in [5.74, 6) is 1.00. The van der Waals surface area contributed by atoms with Gasteiger partial charge in [0, 0.05) is 21.9 Å². The molecular formula is C27H28ClN5O4S2. The van der Waals surface area contributed by atoms with Crippen LogP contribution in [0.4, 0.5) is 5.69 Å². The predicted molar refractivity (Wildman–Crippen MR) is 153 cm³/mol. The largest absolute Gasteiger partial charge is 0.486 e. The summed E-state index contributed by atoms with van der Waals surface area (Å²) >= 11 is 7.18. The van der Waals surface area contributed by atoms with Crippen LogP contribution in [-0.4, -0.2) is 40.4 Å². The molecule has 9 nitrogen and oxygen atoms in total. The highest BCUT2D eigenvalue weighted by molar-refractivity contribution is 7.99. The number of nitrogens with one attached hydrogen (secondary N) is 2. The van der Waals surface area contributed by atoms with Crippen molar-refractivity contribution in [3.63, 3.8) is 0 Å². The van der Waals surface area contributed by atoms with Gasteiger partial charge in [0.2, 0.25) is 15.9 Å². The molecule has 3 aromatic carbocycles. The molecule has 39 heavy (non-hydrogen) atoms. The third-order valence-corrected chi connectivity index (χ3v) is 8.07. The number of anilines is 1. The molecule has 0 atom stereocenters. The van der Waals surface area contributed by atoms with Gasteiger partial charge in [-0.25, -0.2) is 13.1 Å². The van der Waals surface area contributed by atoms with Gasteiger partial charge in [-0.1, -0.05) is 41.6 Å². The molecule has 4 aromatic rings. The number of carbonyl (C=O) groups is 1. The summed E-state index contributed by atoms with van der Waals surface area (Å²) < 4.78 is 35.3. The zero-order chi connectivity index (χ0) is 28.0. The first-order valence-electron chi connectivity index (χ1n) is 11.9. The number of para-hydroxylation sites is 1. The molecule has 2 N–H and O–H groups in total. The molecule has 0 spiro atoms. The van der Waals surface area contributed by atoms with E-state index >= 15 is 0 Å². The van der Waals surface area contributed by atoms with E-state index in [1.807, 2.05) is 34.9 Å². The molecule has 4 rings (SSSR count).